The molecule has 0 rings (SSSR count). The van der Waals surface area contributed by atoms with E-state index in [4.69, 9.17) is 4.74 Å². The number of carbonyl (C=O) groups is 1. The number of hydrogen-bond acceptors (Lipinski definition) is 2. The standard InChI is InChI=1S/C16H28O2/c1-5-11-15(4)16(17)18-13-10-8-6-7-9-12-14(2)3/h5,11,14H,1,6-10,12-13H2,2-4H3. The van der Waals surface area contributed by atoms with Gasteiger partial charge in [0.25, 0.3) is 0 Å². The summed E-state index contributed by atoms with van der Waals surface area (Å²) >= 11 is 0. The maximum Gasteiger partial charge on any atom is 0.333 e. The highest BCUT2D eigenvalue weighted by Gasteiger charge is 2.03. The Kier molecular flexibility index (Phi) is 10.4. The lowest BCUT2D eigenvalue weighted by molar-refractivity contribution is -0.139. The molecular weight excluding hydrogens is 224 g/mol. The molecule has 0 saturated carbocycles. The predicted octanol–water partition coefficient (Wildman–Crippen LogP) is 4.66. The van der Waals surface area contributed by atoms with Gasteiger partial charge in [-0.3, -0.25) is 0 Å². The first-order valence-electron chi connectivity index (χ1n) is 7.04. The summed E-state index contributed by atoms with van der Waals surface area (Å²) in [5.41, 5.74) is 0.613. The first kappa shape index (κ1) is 16.9. The summed E-state index contributed by atoms with van der Waals surface area (Å²) in [5, 5.41) is 0. The van der Waals surface area contributed by atoms with Crippen LogP contribution in [0.15, 0.2) is 24.3 Å². The fraction of sp³-hybridized carbons (Fsp3) is 0.688. The second-order valence-corrected chi connectivity index (χ2v) is 5.17. The summed E-state index contributed by atoms with van der Waals surface area (Å²) in [6.45, 7) is 10.4. The van der Waals surface area contributed by atoms with Crippen molar-refractivity contribution < 1.29 is 9.53 Å². The van der Waals surface area contributed by atoms with Gasteiger partial charge >= 0.3 is 5.97 Å². The van der Waals surface area contributed by atoms with Crippen molar-refractivity contribution in [2.75, 3.05) is 6.61 Å². The van der Waals surface area contributed by atoms with E-state index in [2.05, 4.69) is 20.4 Å². The molecule has 0 fully saturated rings. The Hall–Kier alpha value is -1.05. The van der Waals surface area contributed by atoms with Crippen molar-refractivity contribution in [1.29, 1.82) is 0 Å². The molecule has 2 heteroatoms. The fourth-order valence-corrected chi connectivity index (χ4v) is 1.71. The fourth-order valence-electron chi connectivity index (χ4n) is 1.71. The van der Waals surface area contributed by atoms with E-state index in [0.717, 1.165) is 18.8 Å². The molecule has 0 aliphatic rings. The van der Waals surface area contributed by atoms with Gasteiger partial charge < -0.3 is 4.74 Å². The van der Waals surface area contributed by atoms with Gasteiger partial charge in [-0.15, -0.1) is 0 Å². The molecule has 104 valence electrons. The highest BCUT2D eigenvalue weighted by molar-refractivity contribution is 5.88. The zero-order valence-electron chi connectivity index (χ0n) is 12.2. The van der Waals surface area contributed by atoms with Crippen LogP contribution in [0.2, 0.25) is 0 Å². The predicted molar refractivity (Wildman–Crippen MR) is 77.5 cm³/mol. The normalized spacial score (nSPS) is 11.7. The van der Waals surface area contributed by atoms with Crippen molar-refractivity contribution in [3.8, 4) is 0 Å². The van der Waals surface area contributed by atoms with Crippen molar-refractivity contribution in [1.82, 2.24) is 0 Å². The summed E-state index contributed by atoms with van der Waals surface area (Å²) in [6, 6.07) is 0. The number of hydrogen-bond donors (Lipinski definition) is 0. The van der Waals surface area contributed by atoms with Crippen molar-refractivity contribution in [3.63, 3.8) is 0 Å². The van der Waals surface area contributed by atoms with Gasteiger partial charge in [0.2, 0.25) is 0 Å². The zero-order valence-corrected chi connectivity index (χ0v) is 12.2. The molecule has 0 aromatic rings. The molecule has 0 heterocycles. The van der Waals surface area contributed by atoms with E-state index >= 15 is 0 Å². The van der Waals surface area contributed by atoms with Crippen LogP contribution < -0.4 is 0 Å². The van der Waals surface area contributed by atoms with Gasteiger partial charge in [-0.05, 0) is 19.3 Å². The summed E-state index contributed by atoms with van der Waals surface area (Å²) in [7, 11) is 0. The summed E-state index contributed by atoms with van der Waals surface area (Å²) < 4.78 is 5.15. The highest BCUT2D eigenvalue weighted by atomic mass is 16.5. The van der Waals surface area contributed by atoms with Gasteiger partial charge in [-0.1, -0.05) is 64.7 Å². The molecule has 0 spiro atoms. The van der Waals surface area contributed by atoms with E-state index in [1.807, 2.05) is 0 Å². The third-order valence-electron chi connectivity index (χ3n) is 2.85. The van der Waals surface area contributed by atoms with Crippen LogP contribution in [-0.4, -0.2) is 12.6 Å². The lowest BCUT2D eigenvalue weighted by Gasteiger charge is -2.05. The van der Waals surface area contributed by atoms with Crippen molar-refractivity contribution in [2.45, 2.75) is 59.3 Å². The van der Waals surface area contributed by atoms with Crippen LogP contribution >= 0.6 is 0 Å². The van der Waals surface area contributed by atoms with Crippen LogP contribution in [0, 0.1) is 5.92 Å². The molecule has 0 aliphatic carbocycles. The summed E-state index contributed by atoms with van der Waals surface area (Å²) in [6.07, 6.45) is 10.6. The van der Waals surface area contributed by atoms with Crippen molar-refractivity contribution >= 4 is 5.97 Å². The molecule has 0 bridgehead atoms. The van der Waals surface area contributed by atoms with Gasteiger partial charge in [0.15, 0.2) is 0 Å². The van der Waals surface area contributed by atoms with Crippen LogP contribution in [0.25, 0.3) is 0 Å². The summed E-state index contributed by atoms with van der Waals surface area (Å²) in [4.78, 5) is 11.4. The number of carbonyl (C=O) groups excluding carboxylic acids is 1. The molecular formula is C16H28O2. The lowest BCUT2D eigenvalue weighted by atomic mass is 10.0. The Morgan fingerprint density at radius 3 is 2.39 bits per heavy atom. The molecule has 0 radical (unpaired) electrons. The molecule has 0 unspecified atom stereocenters. The van der Waals surface area contributed by atoms with E-state index in [9.17, 15) is 4.79 Å². The number of rotatable bonds is 10. The minimum absolute atomic E-state index is 0.227. The molecule has 0 N–H and O–H groups in total. The Labute approximate surface area is 112 Å². The van der Waals surface area contributed by atoms with Crippen LogP contribution in [0.5, 0.6) is 0 Å². The Morgan fingerprint density at radius 1 is 1.17 bits per heavy atom. The number of allylic oxidation sites excluding steroid dienone is 2. The second kappa shape index (κ2) is 11.1. The molecule has 0 aliphatic heterocycles. The average molecular weight is 252 g/mol. The van der Waals surface area contributed by atoms with E-state index in [1.165, 1.54) is 25.7 Å². The topological polar surface area (TPSA) is 26.3 Å². The lowest BCUT2D eigenvalue weighted by Crippen LogP contribution is -2.06. The third-order valence-corrected chi connectivity index (χ3v) is 2.85. The first-order valence-corrected chi connectivity index (χ1v) is 7.04. The van der Waals surface area contributed by atoms with E-state index in [-0.39, 0.29) is 5.97 Å². The molecule has 0 aromatic carbocycles. The van der Waals surface area contributed by atoms with Crippen LogP contribution in [0.4, 0.5) is 0 Å². The average Bonchev–Trinajstić information content (AvgIpc) is 2.32. The van der Waals surface area contributed by atoms with Gasteiger partial charge in [-0.25, -0.2) is 4.79 Å². The van der Waals surface area contributed by atoms with E-state index in [0.29, 0.717) is 12.2 Å². The Morgan fingerprint density at radius 2 is 1.78 bits per heavy atom. The van der Waals surface area contributed by atoms with E-state index in [1.54, 1.807) is 19.1 Å². The minimum Gasteiger partial charge on any atom is -0.462 e. The molecule has 0 saturated heterocycles. The third kappa shape index (κ3) is 10.1. The largest absolute Gasteiger partial charge is 0.462 e. The van der Waals surface area contributed by atoms with Crippen molar-refractivity contribution in [3.05, 3.63) is 24.3 Å². The number of ether oxygens (including phenoxy) is 1. The van der Waals surface area contributed by atoms with Gasteiger partial charge in [0, 0.05) is 5.57 Å². The monoisotopic (exact) mass is 252 g/mol. The molecule has 0 atom stereocenters. The Bertz CT molecular complexity index is 264. The minimum atomic E-state index is -0.227. The maximum absolute atomic E-state index is 11.4. The maximum atomic E-state index is 11.4. The molecule has 0 amide bonds. The molecule has 2 nitrogen and oxygen atoms in total. The van der Waals surface area contributed by atoms with Gasteiger partial charge in [0.1, 0.15) is 0 Å². The van der Waals surface area contributed by atoms with Gasteiger partial charge in [0.05, 0.1) is 6.61 Å². The molecule has 0 aromatic heterocycles. The van der Waals surface area contributed by atoms with Crippen LogP contribution in [0.3, 0.4) is 0 Å². The highest BCUT2D eigenvalue weighted by Crippen LogP contribution is 2.10. The number of esters is 1. The number of unbranched alkanes of at least 4 members (excludes halogenated alkanes) is 4. The molecule has 18 heavy (non-hydrogen) atoms. The van der Waals surface area contributed by atoms with Gasteiger partial charge in [-0.2, -0.15) is 0 Å². The van der Waals surface area contributed by atoms with Crippen molar-refractivity contribution in [2.24, 2.45) is 5.92 Å². The zero-order chi connectivity index (χ0) is 13.8. The van der Waals surface area contributed by atoms with Crippen LogP contribution in [0.1, 0.15) is 59.3 Å². The second-order valence-electron chi connectivity index (χ2n) is 5.17. The smallest absolute Gasteiger partial charge is 0.333 e. The Balaban J connectivity index is 3.38. The SMILES string of the molecule is C=CC=C(C)C(=O)OCCCCCCCC(C)C. The van der Waals surface area contributed by atoms with Crippen LogP contribution in [-0.2, 0) is 9.53 Å². The summed E-state index contributed by atoms with van der Waals surface area (Å²) in [5.74, 6) is 0.584. The first-order chi connectivity index (χ1) is 8.57. The van der Waals surface area contributed by atoms with E-state index < -0.39 is 0 Å². The quantitative estimate of drug-likeness (QED) is 0.245.